The summed E-state index contributed by atoms with van der Waals surface area (Å²) in [5.41, 5.74) is 0.586. The predicted molar refractivity (Wildman–Crippen MR) is 70.5 cm³/mol. The van der Waals surface area contributed by atoms with Crippen molar-refractivity contribution in [1.82, 2.24) is 4.98 Å². The van der Waals surface area contributed by atoms with Crippen LogP contribution in [0.15, 0.2) is 18.3 Å². The number of hydrogen-bond donors (Lipinski definition) is 0. The third kappa shape index (κ3) is 3.22. The van der Waals surface area contributed by atoms with Gasteiger partial charge in [0.05, 0.1) is 24.2 Å². The standard InChI is InChI=1S/C14H17N3O2/c1-2-19-14(18)12-4-3-7-17(10-12)13-8-11(9-15)5-6-16-13/h5-6,8,12H,2-4,7,10H2,1H3. The molecule has 2 rings (SSSR count). The van der Waals surface area contributed by atoms with Crippen LogP contribution in [0.25, 0.3) is 0 Å². The van der Waals surface area contributed by atoms with Crippen LogP contribution < -0.4 is 4.90 Å². The number of carbonyl (C=O) groups is 1. The van der Waals surface area contributed by atoms with Gasteiger partial charge in [0.1, 0.15) is 5.82 Å². The van der Waals surface area contributed by atoms with Gasteiger partial charge in [0.25, 0.3) is 0 Å². The molecular formula is C14H17N3O2. The van der Waals surface area contributed by atoms with Gasteiger partial charge in [-0.2, -0.15) is 5.26 Å². The SMILES string of the molecule is CCOC(=O)C1CCCN(c2cc(C#N)ccn2)C1. The first-order valence-electron chi connectivity index (χ1n) is 6.52. The highest BCUT2D eigenvalue weighted by Gasteiger charge is 2.27. The number of piperidine rings is 1. The number of hydrogen-bond acceptors (Lipinski definition) is 5. The Bertz CT molecular complexity index is 496. The lowest BCUT2D eigenvalue weighted by atomic mass is 9.98. The van der Waals surface area contributed by atoms with Crippen molar-refractivity contribution in [3.8, 4) is 6.07 Å². The molecule has 1 aliphatic rings. The molecule has 1 fully saturated rings. The molecule has 0 aromatic carbocycles. The van der Waals surface area contributed by atoms with Gasteiger partial charge in [-0.15, -0.1) is 0 Å². The Hall–Kier alpha value is -2.09. The van der Waals surface area contributed by atoms with Gasteiger partial charge >= 0.3 is 5.97 Å². The molecular weight excluding hydrogens is 242 g/mol. The molecule has 1 atom stereocenters. The molecule has 0 spiro atoms. The molecule has 5 heteroatoms. The number of nitriles is 1. The second kappa shape index (κ2) is 6.19. The van der Waals surface area contributed by atoms with Crippen molar-refractivity contribution in [3.63, 3.8) is 0 Å². The van der Waals surface area contributed by atoms with Crippen molar-refractivity contribution in [2.75, 3.05) is 24.6 Å². The molecule has 0 aliphatic carbocycles. The number of aromatic nitrogens is 1. The molecule has 2 heterocycles. The summed E-state index contributed by atoms with van der Waals surface area (Å²) >= 11 is 0. The van der Waals surface area contributed by atoms with Crippen LogP contribution in [0.2, 0.25) is 0 Å². The van der Waals surface area contributed by atoms with E-state index in [2.05, 4.69) is 11.1 Å². The van der Waals surface area contributed by atoms with E-state index in [0.29, 0.717) is 18.7 Å². The van der Waals surface area contributed by atoms with E-state index in [1.54, 1.807) is 18.3 Å². The normalized spacial score (nSPS) is 18.7. The average molecular weight is 259 g/mol. The Balaban J connectivity index is 2.08. The minimum absolute atomic E-state index is 0.0961. The van der Waals surface area contributed by atoms with Gasteiger partial charge in [0, 0.05) is 19.3 Å². The van der Waals surface area contributed by atoms with Crippen LogP contribution in [0.5, 0.6) is 0 Å². The number of ether oxygens (including phenoxy) is 1. The summed E-state index contributed by atoms with van der Waals surface area (Å²) < 4.78 is 5.07. The summed E-state index contributed by atoms with van der Waals surface area (Å²) in [6.07, 6.45) is 3.41. The largest absolute Gasteiger partial charge is 0.466 e. The van der Waals surface area contributed by atoms with Crippen LogP contribution in [-0.2, 0) is 9.53 Å². The van der Waals surface area contributed by atoms with Crippen LogP contribution >= 0.6 is 0 Å². The third-order valence-corrected chi connectivity index (χ3v) is 3.24. The van der Waals surface area contributed by atoms with Crippen molar-refractivity contribution >= 4 is 11.8 Å². The van der Waals surface area contributed by atoms with E-state index in [1.807, 2.05) is 11.8 Å². The van der Waals surface area contributed by atoms with Crippen molar-refractivity contribution in [2.24, 2.45) is 5.92 Å². The highest BCUT2D eigenvalue weighted by molar-refractivity contribution is 5.73. The molecule has 1 unspecified atom stereocenters. The third-order valence-electron chi connectivity index (χ3n) is 3.24. The number of carbonyl (C=O) groups excluding carboxylic acids is 1. The lowest BCUT2D eigenvalue weighted by Crippen LogP contribution is -2.39. The fraction of sp³-hybridized carbons (Fsp3) is 0.500. The van der Waals surface area contributed by atoms with Gasteiger partial charge in [-0.25, -0.2) is 4.98 Å². The van der Waals surface area contributed by atoms with Gasteiger partial charge < -0.3 is 9.64 Å². The maximum Gasteiger partial charge on any atom is 0.310 e. The van der Waals surface area contributed by atoms with E-state index in [1.165, 1.54) is 0 Å². The van der Waals surface area contributed by atoms with E-state index in [-0.39, 0.29) is 11.9 Å². The predicted octanol–water partition coefficient (Wildman–Crippen LogP) is 1.73. The van der Waals surface area contributed by atoms with Gasteiger partial charge in [0.2, 0.25) is 0 Å². The summed E-state index contributed by atoms with van der Waals surface area (Å²) in [6, 6.07) is 5.54. The van der Waals surface area contributed by atoms with Crippen molar-refractivity contribution in [2.45, 2.75) is 19.8 Å². The molecule has 0 amide bonds. The lowest BCUT2D eigenvalue weighted by molar-refractivity contribution is -0.148. The van der Waals surface area contributed by atoms with Crippen LogP contribution in [0.1, 0.15) is 25.3 Å². The Morgan fingerprint density at radius 3 is 3.26 bits per heavy atom. The molecule has 19 heavy (non-hydrogen) atoms. The summed E-state index contributed by atoms with van der Waals surface area (Å²) in [7, 11) is 0. The first kappa shape index (κ1) is 13.3. The highest BCUT2D eigenvalue weighted by atomic mass is 16.5. The molecule has 0 N–H and O–H groups in total. The van der Waals surface area contributed by atoms with Crippen molar-refractivity contribution in [1.29, 1.82) is 5.26 Å². The van der Waals surface area contributed by atoms with E-state index < -0.39 is 0 Å². The Morgan fingerprint density at radius 2 is 2.53 bits per heavy atom. The molecule has 0 bridgehead atoms. The minimum Gasteiger partial charge on any atom is -0.466 e. The van der Waals surface area contributed by atoms with E-state index in [0.717, 1.165) is 25.2 Å². The molecule has 1 aromatic heterocycles. The summed E-state index contributed by atoms with van der Waals surface area (Å²) in [5, 5.41) is 8.90. The number of nitrogens with zero attached hydrogens (tertiary/aromatic N) is 3. The summed E-state index contributed by atoms with van der Waals surface area (Å²) in [6.45, 7) is 3.70. The van der Waals surface area contributed by atoms with Crippen LogP contribution in [0.4, 0.5) is 5.82 Å². The topological polar surface area (TPSA) is 66.2 Å². The molecule has 0 radical (unpaired) electrons. The fourth-order valence-electron chi connectivity index (χ4n) is 2.30. The summed E-state index contributed by atoms with van der Waals surface area (Å²) in [5.74, 6) is 0.526. The van der Waals surface area contributed by atoms with Crippen molar-refractivity contribution < 1.29 is 9.53 Å². The van der Waals surface area contributed by atoms with E-state index >= 15 is 0 Å². The van der Waals surface area contributed by atoms with Crippen LogP contribution in [0, 0.1) is 17.2 Å². The molecule has 1 saturated heterocycles. The molecule has 0 saturated carbocycles. The molecule has 1 aromatic rings. The molecule has 5 nitrogen and oxygen atoms in total. The number of rotatable bonds is 3. The first-order chi connectivity index (χ1) is 9.24. The zero-order chi connectivity index (χ0) is 13.7. The van der Waals surface area contributed by atoms with Gasteiger partial charge in [-0.3, -0.25) is 4.79 Å². The maximum atomic E-state index is 11.8. The fourth-order valence-corrected chi connectivity index (χ4v) is 2.30. The average Bonchev–Trinajstić information content (AvgIpc) is 2.48. The zero-order valence-electron chi connectivity index (χ0n) is 11.0. The van der Waals surface area contributed by atoms with Crippen LogP contribution in [-0.4, -0.2) is 30.6 Å². The summed E-state index contributed by atoms with van der Waals surface area (Å²) in [4.78, 5) is 18.1. The number of esters is 1. The van der Waals surface area contributed by atoms with E-state index in [9.17, 15) is 4.79 Å². The smallest absolute Gasteiger partial charge is 0.310 e. The highest BCUT2D eigenvalue weighted by Crippen LogP contribution is 2.22. The molecule has 1 aliphatic heterocycles. The van der Waals surface area contributed by atoms with E-state index in [4.69, 9.17) is 10.00 Å². The van der Waals surface area contributed by atoms with Gasteiger partial charge in [-0.05, 0) is 31.9 Å². The minimum atomic E-state index is -0.136. The first-order valence-corrected chi connectivity index (χ1v) is 6.52. The maximum absolute atomic E-state index is 11.8. The zero-order valence-corrected chi connectivity index (χ0v) is 11.0. The number of pyridine rings is 1. The Kier molecular flexibility index (Phi) is 4.35. The second-order valence-corrected chi connectivity index (χ2v) is 4.55. The monoisotopic (exact) mass is 259 g/mol. The van der Waals surface area contributed by atoms with Crippen molar-refractivity contribution in [3.05, 3.63) is 23.9 Å². The van der Waals surface area contributed by atoms with Crippen LogP contribution in [0.3, 0.4) is 0 Å². The Labute approximate surface area is 112 Å². The number of anilines is 1. The second-order valence-electron chi connectivity index (χ2n) is 4.55. The quantitative estimate of drug-likeness (QED) is 0.773. The lowest BCUT2D eigenvalue weighted by Gasteiger charge is -2.32. The van der Waals surface area contributed by atoms with Gasteiger partial charge in [-0.1, -0.05) is 0 Å². The van der Waals surface area contributed by atoms with Gasteiger partial charge in [0.15, 0.2) is 0 Å². The Morgan fingerprint density at radius 1 is 1.68 bits per heavy atom. The molecule has 100 valence electrons.